The summed E-state index contributed by atoms with van der Waals surface area (Å²) in [4.78, 5) is 4.25. The Morgan fingerprint density at radius 2 is 1.65 bits per heavy atom. The Balaban J connectivity index is 1.58. The maximum Gasteiger partial charge on any atom is 0.0302 e. The molecule has 0 saturated carbocycles. The van der Waals surface area contributed by atoms with E-state index in [0.717, 1.165) is 6.42 Å². The van der Waals surface area contributed by atoms with Gasteiger partial charge in [0.2, 0.25) is 0 Å². The molecule has 23 heavy (non-hydrogen) atoms. The van der Waals surface area contributed by atoms with Gasteiger partial charge < -0.3 is 0 Å². The number of unbranched alkanes of at least 4 members (excludes halogenated alkanes) is 4. The van der Waals surface area contributed by atoms with Gasteiger partial charge in [0.05, 0.1) is 0 Å². The maximum atomic E-state index is 4.25. The van der Waals surface area contributed by atoms with Gasteiger partial charge in [0.25, 0.3) is 0 Å². The lowest BCUT2D eigenvalue weighted by atomic mass is 9.91. The van der Waals surface area contributed by atoms with E-state index >= 15 is 0 Å². The standard InChI is InChI=1S/C22H31N/c1-3-21-18-23-17-16-22(21)19(2)12-8-5-4-6-9-13-20-14-10-7-11-15-20/h7,10-11,14-19H,3-6,8-9,12-13H2,1-2H3. The molecule has 0 aliphatic carbocycles. The van der Waals surface area contributed by atoms with Gasteiger partial charge in [0.1, 0.15) is 0 Å². The van der Waals surface area contributed by atoms with Crippen LogP contribution in [0.2, 0.25) is 0 Å². The predicted molar refractivity (Wildman–Crippen MR) is 99.9 cm³/mol. The van der Waals surface area contributed by atoms with Crippen LogP contribution in [-0.2, 0) is 12.8 Å². The highest BCUT2D eigenvalue weighted by atomic mass is 14.6. The minimum atomic E-state index is 0.664. The van der Waals surface area contributed by atoms with Crippen molar-refractivity contribution in [1.82, 2.24) is 4.98 Å². The van der Waals surface area contributed by atoms with Crippen molar-refractivity contribution in [3.8, 4) is 0 Å². The molecule has 0 bridgehead atoms. The van der Waals surface area contributed by atoms with Crippen LogP contribution in [0.5, 0.6) is 0 Å². The summed E-state index contributed by atoms with van der Waals surface area (Å²) in [6.45, 7) is 4.59. The van der Waals surface area contributed by atoms with Gasteiger partial charge in [-0.1, -0.05) is 69.9 Å². The molecule has 0 spiro atoms. The van der Waals surface area contributed by atoms with Gasteiger partial charge in [-0.15, -0.1) is 0 Å². The van der Waals surface area contributed by atoms with Crippen molar-refractivity contribution >= 4 is 0 Å². The van der Waals surface area contributed by atoms with Crippen molar-refractivity contribution in [3.05, 3.63) is 65.5 Å². The molecule has 0 aliphatic heterocycles. The number of hydrogen-bond donors (Lipinski definition) is 0. The van der Waals surface area contributed by atoms with Crippen molar-refractivity contribution < 1.29 is 0 Å². The molecule has 2 rings (SSSR count). The smallest absolute Gasteiger partial charge is 0.0302 e. The molecule has 0 saturated heterocycles. The normalized spacial score (nSPS) is 12.3. The Kier molecular flexibility index (Phi) is 7.86. The zero-order valence-electron chi connectivity index (χ0n) is 14.8. The third-order valence-electron chi connectivity index (χ3n) is 4.80. The first-order valence-corrected chi connectivity index (χ1v) is 9.28. The van der Waals surface area contributed by atoms with Crippen LogP contribution in [0.3, 0.4) is 0 Å². The average Bonchev–Trinajstić information content (AvgIpc) is 2.61. The Labute approximate surface area is 142 Å². The number of hydrogen-bond acceptors (Lipinski definition) is 1. The number of rotatable bonds is 10. The first kappa shape index (κ1) is 17.7. The van der Waals surface area contributed by atoms with Crippen LogP contribution < -0.4 is 0 Å². The summed E-state index contributed by atoms with van der Waals surface area (Å²) in [5, 5.41) is 0. The molecule has 1 atom stereocenters. The molecule has 0 N–H and O–H groups in total. The van der Waals surface area contributed by atoms with Crippen LogP contribution in [0.15, 0.2) is 48.8 Å². The van der Waals surface area contributed by atoms with Gasteiger partial charge in [-0.3, -0.25) is 4.98 Å². The van der Waals surface area contributed by atoms with Crippen molar-refractivity contribution in [2.75, 3.05) is 0 Å². The number of pyridine rings is 1. The van der Waals surface area contributed by atoms with Gasteiger partial charge in [-0.2, -0.15) is 0 Å². The highest BCUT2D eigenvalue weighted by molar-refractivity contribution is 5.26. The van der Waals surface area contributed by atoms with Crippen molar-refractivity contribution in [3.63, 3.8) is 0 Å². The number of aryl methyl sites for hydroxylation is 2. The molecule has 1 aromatic carbocycles. The van der Waals surface area contributed by atoms with Gasteiger partial charge in [0, 0.05) is 12.4 Å². The number of aromatic nitrogens is 1. The highest BCUT2D eigenvalue weighted by Crippen LogP contribution is 2.25. The quantitative estimate of drug-likeness (QED) is 0.467. The van der Waals surface area contributed by atoms with Crippen molar-refractivity contribution in [2.24, 2.45) is 0 Å². The predicted octanol–water partition coefficient (Wildman–Crippen LogP) is 6.33. The monoisotopic (exact) mass is 309 g/mol. The van der Waals surface area contributed by atoms with Crippen LogP contribution in [0.25, 0.3) is 0 Å². The zero-order chi connectivity index (χ0) is 16.3. The van der Waals surface area contributed by atoms with Crippen LogP contribution in [-0.4, -0.2) is 4.98 Å². The summed E-state index contributed by atoms with van der Waals surface area (Å²) < 4.78 is 0. The molecule has 1 heteroatoms. The molecule has 0 fully saturated rings. The SMILES string of the molecule is CCc1cnccc1C(C)CCCCCCCc1ccccc1. The van der Waals surface area contributed by atoms with Gasteiger partial charge in [-0.05, 0) is 54.4 Å². The fourth-order valence-corrected chi connectivity index (χ4v) is 3.32. The van der Waals surface area contributed by atoms with Crippen LogP contribution in [0, 0.1) is 0 Å². The molecular formula is C22H31N. The minimum Gasteiger partial charge on any atom is -0.264 e. The van der Waals surface area contributed by atoms with Crippen molar-refractivity contribution in [2.45, 2.75) is 71.1 Å². The van der Waals surface area contributed by atoms with Gasteiger partial charge in [0.15, 0.2) is 0 Å². The Hall–Kier alpha value is -1.63. The van der Waals surface area contributed by atoms with Crippen molar-refractivity contribution in [1.29, 1.82) is 0 Å². The van der Waals surface area contributed by atoms with Gasteiger partial charge in [-0.25, -0.2) is 0 Å². The number of benzene rings is 1. The fourth-order valence-electron chi connectivity index (χ4n) is 3.32. The summed E-state index contributed by atoms with van der Waals surface area (Å²) in [5.41, 5.74) is 4.40. The molecule has 0 amide bonds. The van der Waals surface area contributed by atoms with E-state index in [1.54, 1.807) is 0 Å². The first-order valence-electron chi connectivity index (χ1n) is 9.28. The molecule has 1 nitrogen and oxygen atoms in total. The second-order valence-corrected chi connectivity index (χ2v) is 6.62. The van der Waals surface area contributed by atoms with E-state index in [2.05, 4.69) is 55.2 Å². The fraction of sp³-hybridized carbons (Fsp3) is 0.500. The molecule has 1 unspecified atom stereocenters. The van der Waals surface area contributed by atoms with Crippen LogP contribution >= 0.6 is 0 Å². The van der Waals surface area contributed by atoms with Crippen LogP contribution in [0.1, 0.15) is 75.0 Å². The Bertz CT molecular complexity index is 547. The molecule has 2 aromatic rings. The lowest BCUT2D eigenvalue weighted by Gasteiger charge is -2.15. The summed E-state index contributed by atoms with van der Waals surface area (Å²) in [6.07, 6.45) is 14.4. The summed E-state index contributed by atoms with van der Waals surface area (Å²) in [5.74, 6) is 0.664. The first-order chi connectivity index (χ1) is 11.3. The second-order valence-electron chi connectivity index (χ2n) is 6.62. The van der Waals surface area contributed by atoms with E-state index < -0.39 is 0 Å². The average molecular weight is 309 g/mol. The van der Waals surface area contributed by atoms with Crippen LogP contribution in [0.4, 0.5) is 0 Å². The minimum absolute atomic E-state index is 0.664. The van der Waals surface area contributed by atoms with E-state index in [1.807, 2.05) is 12.4 Å². The molecule has 124 valence electrons. The third-order valence-corrected chi connectivity index (χ3v) is 4.80. The topological polar surface area (TPSA) is 12.9 Å². The molecule has 1 aromatic heterocycles. The Morgan fingerprint density at radius 1 is 0.913 bits per heavy atom. The maximum absolute atomic E-state index is 4.25. The van der Waals surface area contributed by atoms with E-state index in [1.165, 1.54) is 61.6 Å². The molecule has 0 aliphatic rings. The van der Waals surface area contributed by atoms with E-state index in [0.29, 0.717) is 5.92 Å². The lowest BCUT2D eigenvalue weighted by Crippen LogP contribution is -1.99. The third kappa shape index (κ3) is 6.17. The zero-order valence-corrected chi connectivity index (χ0v) is 14.8. The highest BCUT2D eigenvalue weighted by Gasteiger charge is 2.09. The van der Waals surface area contributed by atoms with E-state index in [4.69, 9.17) is 0 Å². The second kappa shape index (κ2) is 10.2. The molecule has 1 heterocycles. The largest absolute Gasteiger partial charge is 0.264 e. The van der Waals surface area contributed by atoms with Gasteiger partial charge >= 0.3 is 0 Å². The molecular weight excluding hydrogens is 278 g/mol. The summed E-state index contributed by atoms with van der Waals surface area (Å²) in [7, 11) is 0. The summed E-state index contributed by atoms with van der Waals surface area (Å²) in [6, 6.07) is 13.1. The Morgan fingerprint density at radius 3 is 2.43 bits per heavy atom. The number of nitrogens with zero attached hydrogens (tertiary/aromatic N) is 1. The van der Waals surface area contributed by atoms with E-state index in [9.17, 15) is 0 Å². The van der Waals surface area contributed by atoms with E-state index in [-0.39, 0.29) is 0 Å². The summed E-state index contributed by atoms with van der Waals surface area (Å²) >= 11 is 0. The lowest BCUT2D eigenvalue weighted by molar-refractivity contribution is 0.557. The molecule has 0 radical (unpaired) electrons.